The van der Waals surface area contributed by atoms with Crippen molar-refractivity contribution in [1.29, 1.82) is 0 Å². The van der Waals surface area contributed by atoms with E-state index in [1.54, 1.807) is 83.1 Å². The molecule has 0 spiro atoms. The molecule has 0 aliphatic rings. The van der Waals surface area contributed by atoms with E-state index in [-0.39, 0.29) is 88.7 Å². The number of amides is 8. The first-order valence-corrected chi connectivity index (χ1v) is 24.0. The molecule has 0 aliphatic carbocycles. The van der Waals surface area contributed by atoms with Crippen molar-refractivity contribution in [2.24, 2.45) is 21.7 Å². The van der Waals surface area contributed by atoms with Crippen molar-refractivity contribution >= 4 is 71.6 Å². The number of thioether (sulfide) groups is 1. The maximum Gasteiger partial charge on any atom is 0.267 e. The van der Waals surface area contributed by atoms with Gasteiger partial charge in [-0.05, 0) is 83.1 Å². The van der Waals surface area contributed by atoms with Crippen LogP contribution in [0.4, 0.5) is 0 Å². The largest absolute Gasteiger partial charge is 0.790 e. The Morgan fingerprint density at radius 2 is 0.657 bits per heavy atom. The SMILES string of the molecule is C.C=C(NC(=O)C(C)(C)C)C(=O)NC(C)(C)C.CC(C)(C)NC(=O)C(CSCC(NC(=O)C(C)(C)C)C(=O)NC(C)(C)C)NC(=O)C(C)(C)C.CC(C)(C)NC(=O)C(C[S-])NC(=O)C(C)(C)C. The fraction of sp³-hybridized carbons (Fsp3) is 0.796. The summed E-state index contributed by atoms with van der Waals surface area (Å²) >= 11 is 6.24. The summed E-state index contributed by atoms with van der Waals surface area (Å²) in [6.07, 6.45) is 0. The standard InChI is InChI=1S/C24H46N4O4S.C12H24N2O2S.C12H22N2O2.CH4/c1-21(2,3)19(31)25-15(17(29)27-23(7,8)9)13-33-14-16(18(30)28-24(10,11)12)26-20(32)22(4,5)6;1-11(2,3)10(16)13-8(7-17)9(15)14-12(4,5)6;1-8(9(15)14-12(5,6)7)13-10(16)11(2,3)4;/h15-16H,13-14H2,1-12H3,(H,25,31)(H,26,32)(H,27,29)(H,28,30);8,17H,7H2,1-6H3,(H,13,16)(H,14,15);1H2,2-7H3,(H,13,16)(H,14,15);1H4/p-1. The van der Waals surface area contributed by atoms with E-state index < -0.39 is 50.9 Å². The first-order valence-electron chi connectivity index (χ1n) is 22.3. The zero-order valence-corrected chi connectivity index (χ0v) is 46.8. The Labute approximate surface area is 416 Å². The van der Waals surface area contributed by atoms with Gasteiger partial charge in [-0.1, -0.05) is 97.1 Å². The molecule has 8 N–H and O–H groups in total. The van der Waals surface area contributed by atoms with E-state index in [2.05, 4.69) is 49.1 Å². The first-order chi connectivity index (χ1) is 28.9. The third kappa shape index (κ3) is 35.0. The predicted molar refractivity (Wildman–Crippen MR) is 279 cm³/mol. The van der Waals surface area contributed by atoms with E-state index in [1.165, 1.54) is 11.8 Å². The van der Waals surface area contributed by atoms with E-state index in [1.807, 2.05) is 83.1 Å². The molecule has 0 saturated carbocycles. The molecule has 0 aromatic carbocycles. The topological polar surface area (TPSA) is 233 Å². The normalized spacial score (nSPS) is 13.6. The average Bonchev–Trinajstić information content (AvgIpc) is 3.05. The van der Waals surface area contributed by atoms with Crippen LogP contribution in [0.15, 0.2) is 12.3 Å². The van der Waals surface area contributed by atoms with Crippen molar-refractivity contribution in [1.82, 2.24) is 42.5 Å². The summed E-state index contributed by atoms with van der Waals surface area (Å²) < 4.78 is 0. The highest BCUT2D eigenvalue weighted by Gasteiger charge is 2.33. The lowest BCUT2D eigenvalue weighted by Crippen LogP contribution is -2.56. The van der Waals surface area contributed by atoms with Gasteiger partial charge in [0.15, 0.2) is 0 Å². The molecule has 0 aromatic heterocycles. The van der Waals surface area contributed by atoms with E-state index in [9.17, 15) is 38.4 Å². The maximum atomic E-state index is 12.8. The van der Waals surface area contributed by atoms with Gasteiger partial charge in [-0.3, -0.25) is 38.4 Å². The molecule has 8 amide bonds. The van der Waals surface area contributed by atoms with Crippen molar-refractivity contribution in [2.75, 3.05) is 17.3 Å². The average molecular weight is 988 g/mol. The van der Waals surface area contributed by atoms with Crippen LogP contribution in [0.2, 0.25) is 0 Å². The smallest absolute Gasteiger partial charge is 0.267 e. The van der Waals surface area contributed by atoms with Crippen LogP contribution in [-0.4, -0.2) is 105 Å². The molecule has 0 saturated heterocycles. The molecular weight excluding hydrogens is 893 g/mol. The van der Waals surface area contributed by atoms with Crippen LogP contribution in [0.5, 0.6) is 0 Å². The molecule has 0 radical (unpaired) electrons. The first kappa shape index (κ1) is 69.8. The van der Waals surface area contributed by atoms with Crippen molar-refractivity contribution in [3.05, 3.63) is 12.3 Å². The van der Waals surface area contributed by atoms with Gasteiger partial charge in [0.2, 0.25) is 41.4 Å². The van der Waals surface area contributed by atoms with Gasteiger partial charge in [-0.25, -0.2) is 0 Å². The Hall–Kier alpha value is -3.80. The van der Waals surface area contributed by atoms with Gasteiger partial charge in [-0.2, -0.15) is 11.8 Å². The van der Waals surface area contributed by atoms with Gasteiger partial charge in [0.1, 0.15) is 12.1 Å². The Balaban J connectivity index is -0.000000490. The van der Waals surface area contributed by atoms with Gasteiger partial charge in [0.05, 0.1) is 11.7 Å². The highest BCUT2D eigenvalue weighted by atomic mass is 32.2. The Morgan fingerprint density at radius 3 is 0.881 bits per heavy atom. The molecule has 0 heterocycles. The zero-order chi connectivity index (χ0) is 53.4. The predicted octanol–water partition coefficient (Wildman–Crippen LogP) is 5.80. The molecule has 16 nitrogen and oxygen atoms in total. The van der Waals surface area contributed by atoms with Gasteiger partial charge in [-0.15, -0.1) is 5.75 Å². The minimum Gasteiger partial charge on any atom is -0.790 e. The quantitative estimate of drug-likeness (QED) is 0.0816. The number of carbonyl (C=O) groups is 8. The minimum absolute atomic E-state index is 0. The lowest BCUT2D eigenvalue weighted by Gasteiger charge is -2.29. The molecule has 0 aromatic rings. The van der Waals surface area contributed by atoms with Crippen LogP contribution in [0.25, 0.3) is 0 Å². The van der Waals surface area contributed by atoms with Gasteiger partial charge < -0.3 is 55.2 Å². The monoisotopic (exact) mass is 988 g/mol. The molecule has 67 heavy (non-hydrogen) atoms. The van der Waals surface area contributed by atoms with Crippen LogP contribution < -0.4 is 42.5 Å². The lowest BCUT2D eigenvalue weighted by molar-refractivity contribution is -0.133. The molecule has 18 heteroatoms. The Morgan fingerprint density at radius 1 is 0.418 bits per heavy atom. The zero-order valence-electron chi connectivity index (χ0n) is 45.1. The Bertz CT molecular complexity index is 1620. The summed E-state index contributed by atoms with van der Waals surface area (Å²) in [6, 6.07) is -2.19. The molecule has 3 atom stereocenters. The van der Waals surface area contributed by atoms with Crippen molar-refractivity contribution in [3.63, 3.8) is 0 Å². The molecular formula is C49H95N8O8S2-. The lowest BCUT2D eigenvalue weighted by atomic mass is 9.95. The van der Waals surface area contributed by atoms with Crippen LogP contribution in [0.3, 0.4) is 0 Å². The van der Waals surface area contributed by atoms with Crippen LogP contribution in [-0.2, 0) is 51.0 Å². The van der Waals surface area contributed by atoms with Crippen LogP contribution in [0.1, 0.15) is 174 Å². The Kier molecular flexibility index (Phi) is 28.5. The summed E-state index contributed by atoms with van der Waals surface area (Å²) in [6.45, 7) is 47.4. The second-order valence-electron chi connectivity index (χ2n) is 24.6. The van der Waals surface area contributed by atoms with Gasteiger partial charge in [0.25, 0.3) is 5.91 Å². The third-order valence-electron chi connectivity index (χ3n) is 7.85. The number of hydrogen-bond acceptors (Lipinski definition) is 10. The second-order valence-corrected chi connectivity index (χ2v) is 26.0. The fourth-order valence-electron chi connectivity index (χ4n) is 4.14. The highest BCUT2D eigenvalue weighted by molar-refractivity contribution is 7.99. The summed E-state index contributed by atoms with van der Waals surface area (Å²) in [5.41, 5.74) is -3.87. The molecule has 0 fully saturated rings. The summed E-state index contributed by atoms with van der Waals surface area (Å²) in [5.74, 6) is -1.34. The summed E-state index contributed by atoms with van der Waals surface area (Å²) in [7, 11) is 0. The minimum atomic E-state index is -0.773. The fourth-order valence-corrected chi connectivity index (χ4v) is 5.46. The van der Waals surface area contributed by atoms with E-state index in [0.29, 0.717) is 0 Å². The van der Waals surface area contributed by atoms with Crippen molar-refractivity contribution in [3.8, 4) is 0 Å². The van der Waals surface area contributed by atoms with E-state index in [4.69, 9.17) is 12.6 Å². The number of hydrogen-bond donors (Lipinski definition) is 8. The number of carbonyl (C=O) groups excluding carboxylic acids is 8. The second kappa shape index (κ2) is 27.4. The van der Waals surface area contributed by atoms with Crippen molar-refractivity contribution in [2.45, 2.75) is 214 Å². The number of nitrogens with one attached hydrogen (secondary N) is 8. The maximum absolute atomic E-state index is 12.8. The summed E-state index contributed by atoms with van der Waals surface area (Å²) in [5, 5.41) is 22.2. The molecule has 0 aliphatic heterocycles. The van der Waals surface area contributed by atoms with Crippen LogP contribution in [0, 0.1) is 21.7 Å². The number of rotatable bonds is 13. The molecule has 392 valence electrons. The van der Waals surface area contributed by atoms with Crippen molar-refractivity contribution < 1.29 is 38.4 Å². The molecule has 0 rings (SSSR count). The van der Waals surface area contributed by atoms with E-state index >= 15 is 0 Å². The third-order valence-corrected chi connectivity index (χ3v) is 9.32. The van der Waals surface area contributed by atoms with Crippen LogP contribution >= 0.6 is 11.8 Å². The molecule has 0 bridgehead atoms. The van der Waals surface area contributed by atoms with Gasteiger partial charge >= 0.3 is 0 Å². The van der Waals surface area contributed by atoms with Gasteiger partial charge in [0, 0.05) is 55.3 Å². The molecule has 3 unspecified atom stereocenters. The van der Waals surface area contributed by atoms with E-state index in [0.717, 1.165) is 0 Å². The highest BCUT2D eigenvalue weighted by Crippen LogP contribution is 2.18. The summed E-state index contributed by atoms with van der Waals surface area (Å²) in [4.78, 5) is 97.6.